The van der Waals surface area contributed by atoms with Gasteiger partial charge in [-0.1, -0.05) is 26.8 Å². The molecule has 3 nitrogen and oxygen atoms in total. The highest BCUT2D eigenvalue weighted by Crippen LogP contribution is 2.28. The maximum Gasteiger partial charge on any atom is 0.195 e. The van der Waals surface area contributed by atoms with E-state index in [4.69, 9.17) is 14.2 Å². The van der Waals surface area contributed by atoms with Gasteiger partial charge in [0.2, 0.25) is 0 Å². The smallest absolute Gasteiger partial charge is 0.195 e. The molecular weight excluding hydrogens is 362 g/mol. The summed E-state index contributed by atoms with van der Waals surface area (Å²) in [6.07, 6.45) is 5.72. The van der Waals surface area contributed by atoms with E-state index in [0.717, 1.165) is 25.7 Å². The van der Waals surface area contributed by atoms with Crippen LogP contribution in [0.15, 0.2) is 35.6 Å². The lowest BCUT2D eigenvalue weighted by Crippen LogP contribution is -2.30. The molecule has 0 bridgehead atoms. The first-order valence-electron chi connectivity index (χ1n) is 10.4. The molecule has 4 unspecified atom stereocenters. The van der Waals surface area contributed by atoms with Crippen molar-refractivity contribution in [3.63, 3.8) is 0 Å². The third-order valence-corrected chi connectivity index (χ3v) is 5.21. The van der Waals surface area contributed by atoms with Crippen LogP contribution in [0.2, 0.25) is 0 Å². The Bertz CT molecular complexity index is 506. The van der Waals surface area contributed by atoms with Crippen molar-refractivity contribution in [3.05, 3.63) is 35.6 Å². The largest absolute Gasteiger partial charge is 0.498 e. The summed E-state index contributed by atoms with van der Waals surface area (Å²) in [6, 6.07) is 0. The van der Waals surface area contributed by atoms with E-state index < -0.39 is 11.7 Å². The summed E-state index contributed by atoms with van der Waals surface area (Å²) < 4.78 is 44.4. The molecule has 164 valence electrons. The first kappa shape index (κ1) is 26.8. The Labute approximate surface area is 170 Å². The second-order valence-electron chi connectivity index (χ2n) is 7.22. The van der Waals surface area contributed by atoms with E-state index in [0.29, 0.717) is 24.7 Å². The van der Waals surface area contributed by atoms with Crippen LogP contribution in [-0.4, -0.2) is 32.5 Å². The molecule has 0 radical (unpaired) electrons. The highest BCUT2D eigenvalue weighted by Gasteiger charge is 2.21. The highest BCUT2D eigenvalue weighted by atomic mass is 19.2. The van der Waals surface area contributed by atoms with Crippen LogP contribution in [0.4, 0.5) is 8.78 Å². The van der Waals surface area contributed by atoms with Gasteiger partial charge in [-0.2, -0.15) is 0 Å². The molecule has 5 heteroatoms. The molecule has 0 aromatic carbocycles. The molecule has 0 amide bonds. The number of hydrogen-bond donors (Lipinski definition) is 0. The molecule has 1 heterocycles. The summed E-state index contributed by atoms with van der Waals surface area (Å²) in [5.74, 6) is -1.41. The SMILES string of the molecule is C=CC1CCC(COC(C)CCC(C)/C(C)=C(F)/C(F)=C(\C)OC)OC1.CC. The maximum atomic E-state index is 14.2. The lowest BCUT2D eigenvalue weighted by atomic mass is 9.94. The molecule has 1 rings (SSSR count). The fraction of sp³-hybridized carbons (Fsp3) is 0.739. The average molecular weight is 403 g/mol. The van der Waals surface area contributed by atoms with Gasteiger partial charge in [0, 0.05) is 5.92 Å². The zero-order chi connectivity index (χ0) is 21.7. The van der Waals surface area contributed by atoms with Gasteiger partial charge in [0.1, 0.15) is 5.76 Å². The Balaban J connectivity index is 0.00000352. The summed E-state index contributed by atoms with van der Waals surface area (Å²) in [7, 11) is 1.33. The second kappa shape index (κ2) is 14.7. The molecular formula is C23H40F2O3. The van der Waals surface area contributed by atoms with Gasteiger partial charge in [0.25, 0.3) is 0 Å². The average Bonchev–Trinajstić information content (AvgIpc) is 2.75. The van der Waals surface area contributed by atoms with Crippen LogP contribution in [-0.2, 0) is 14.2 Å². The van der Waals surface area contributed by atoms with Gasteiger partial charge >= 0.3 is 0 Å². The molecule has 0 saturated carbocycles. The quantitative estimate of drug-likeness (QED) is 0.226. The zero-order valence-electron chi connectivity index (χ0n) is 18.8. The van der Waals surface area contributed by atoms with Crippen LogP contribution in [0.1, 0.15) is 67.2 Å². The molecule has 4 atom stereocenters. The first-order chi connectivity index (χ1) is 13.3. The van der Waals surface area contributed by atoms with Gasteiger partial charge in [-0.25, -0.2) is 8.78 Å². The van der Waals surface area contributed by atoms with Crippen LogP contribution in [0.5, 0.6) is 0 Å². The second-order valence-corrected chi connectivity index (χ2v) is 7.22. The number of rotatable bonds is 10. The van der Waals surface area contributed by atoms with Gasteiger partial charge in [-0.15, -0.1) is 6.58 Å². The van der Waals surface area contributed by atoms with Crippen molar-refractivity contribution in [2.45, 2.75) is 79.4 Å². The van der Waals surface area contributed by atoms with Crippen molar-refractivity contribution in [1.29, 1.82) is 0 Å². The Hall–Kier alpha value is -1.20. The Morgan fingerprint density at radius 3 is 2.29 bits per heavy atom. The van der Waals surface area contributed by atoms with Crippen LogP contribution in [0.25, 0.3) is 0 Å². The summed E-state index contributed by atoms with van der Waals surface area (Å²) in [6.45, 7) is 16.0. The van der Waals surface area contributed by atoms with E-state index in [9.17, 15) is 8.78 Å². The van der Waals surface area contributed by atoms with E-state index in [2.05, 4.69) is 6.58 Å². The minimum absolute atomic E-state index is 0.0445. The van der Waals surface area contributed by atoms with Crippen LogP contribution >= 0.6 is 0 Å². The Morgan fingerprint density at radius 1 is 1.14 bits per heavy atom. The van der Waals surface area contributed by atoms with Crippen molar-refractivity contribution in [3.8, 4) is 0 Å². The number of hydrogen-bond acceptors (Lipinski definition) is 3. The molecule has 1 aliphatic heterocycles. The van der Waals surface area contributed by atoms with Crippen molar-refractivity contribution in [2.75, 3.05) is 20.3 Å². The van der Waals surface area contributed by atoms with Crippen molar-refractivity contribution >= 4 is 0 Å². The van der Waals surface area contributed by atoms with E-state index in [1.54, 1.807) is 6.92 Å². The number of ether oxygens (including phenoxy) is 3. The number of halogens is 2. The third-order valence-electron chi connectivity index (χ3n) is 5.21. The molecule has 0 aromatic heterocycles. The number of allylic oxidation sites excluding steroid dienone is 4. The lowest BCUT2D eigenvalue weighted by Gasteiger charge is -2.28. The normalized spacial score (nSPS) is 23.5. The van der Waals surface area contributed by atoms with Crippen LogP contribution < -0.4 is 0 Å². The van der Waals surface area contributed by atoms with Crippen LogP contribution in [0, 0.1) is 11.8 Å². The lowest BCUT2D eigenvalue weighted by molar-refractivity contribution is -0.0709. The predicted octanol–water partition coefficient (Wildman–Crippen LogP) is 6.91. The van der Waals surface area contributed by atoms with Crippen LogP contribution in [0.3, 0.4) is 0 Å². The molecule has 0 aromatic rings. The maximum absolute atomic E-state index is 14.2. The van der Waals surface area contributed by atoms with Gasteiger partial charge in [-0.05, 0) is 57.9 Å². The molecule has 1 saturated heterocycles. The third kappa shape index (κ3) is 9.33. The highest BCUT2D eigenvalue weighted by molar-refractivity contribution is 5.27. The van der Waals surface area contributed by atoms with Crippen molar-refractivity contribution in [1.82, 2.24) is 0 Å². The van der Waals surface area contributed by atoms with Crippen molar-refractivity contribution < 1.29 is 23.0 Å². The molecule has 0 spiro atoms. The standard InChI is InChI=1S/C21H34F2O3.C2H6/c1-7-18-10-11-19(26-12-18)13-25-15(3)9-8-14(2)16(4)20(22)21(23)17(5)24-6;1-2/h7,14-15,18-19H,1,8-13H2,2-6H3;1-2H3/b20-16-,21-17-;. The summed E-state index contributed by atoms with van der Waals surface area (Å²) in [5.41, 5.74) is 0.400. The molecule has 28 heavy (non-hydrogen) atoms. The fourth-order valence-electron chi connectivity index (χ4n) is 2.83. The summed E-state index contributed by atoms with van der Waals surface area (Å²) in [4.78, 5) is 0. The zero-order valence-corrected chi connectivity index (χ0v) is 18.8. The van der Waals surface area contributed by atoms with Gasteiger partial charge in [0.15, 0.2) is 11.7 Å². The van der Waals surface area contributed by atoms with E-state index in [1.165, 1.54) is 14.0 Å². The minimum atomic E-state index is -0.923. The predicted molar refractivity (Wildman–Crippen MR) is 112 cm³/mol. The summed E-state index contributed by atoms with van der Waals surface area (Å²) in [5, 5.41) is 0. The van der Waals surface area contributed by atoms with E-state index in [1.807, 2.05) is 33.8 Å². The molecule has 1 aliphatic rings. The van der Waals surface area contributed by atoms with Crippen molar-refractivity contribution in [2.24, 2.45) is 11.8 Å². The summed E-state index contributed by atoms with van der Waals surface area (Å²) >= 11 is 0. The van der Waals surface area contributed by atoms with Gasteiger partial charge in [-0.3, -0.25) is 0 Å². The first-order valence-corrected chi connectivity index (χ1v) is 10.4. The Kier molecular flexibility index (Phi) is 14.1. The fourth-order valence-corrected chi connectivity index (χ4v) is 2.83. The number of methoxy groups -OCH3 is 1. The van der Waals surface area contributed by atoms with Gasteiger partial charge in [0.05, 0.1) is 32.5 Å². The van der Waals surface area contributed by atoms with E-state index in [-0.39, 0.29) is 23.9 Å². The topological polar surface area (TPSA) is 27.7 Å². The monoisotopic (exact) mass is 402 g/mol. The minimum Gasteiger partial charge on any atom is -0.498 e. The molecule has 0 aliphatic carbocycles. The van der Waals surface area contributed by atoms with Gasteiger partial charge < -0.3 is 14.2 Å². The Morgan fingerprint density at radius 2 is 1.79 bits per heavy atom. The molecule has 1 fully saturated rings. The van der Waals surface area contributed by atoms with E-state index >= 15 is 0 Å². The molecule has 0 N–H and O–H groups in total.